The van der Waals surface area contributed by atoms with Crippen molar-refractivity contribution in [2.24, 2.45) is 7.05 Å². The van der Waals surface area contributed by atoms with Crippen LogP contribution >= 0.6 is 0 Å². The van der Waals surface area contributed by atoms with Crippen LogP contribution in [0.25, 0.3) is 0 Å². The molecule has 2 heteroatoms. The first kappa shape index (κ1) is 7.88. The Morgan fingerprint density at radius 2 is 1.50 bits per heavy atom. The normalized spacial score (nSPS) is 7.62. The molecule has 0 atom stereocenters. The average Bonchev–Trinajstić information content (AvgIpc) is 1.69. The maximum absolute atomic E-state index is 2.00. The summed E-state index contributed by atoms with van der Waals surface area (Å²) in [5.74, 6) is 0. The molecule has 0 fully saturated rings. The van der Waals surface area contributed by atoms with Gasteiger partial charge in [-0.2, -0.15) is 0 Å². The molecule has 0 unspecified atom stereocenters. The van der Waals surface area contributed by atoms with Crippen LogP contribution in [-0.4, -0.2) is 0 Å². The van der Waals surface area contributed by atoms with Crippen LogP contribution < -0.4 is 28.5 Å². The molecule has 0 aliphatic heterocycles. The number of rotatable bonds is 0. The third kappa shape index (κ3) is 2.26. The Labute approximate surface area is 66.4 Å². The SMILES string of the molecule is C[n+]1ccccc1.[IH2+]. The lowest BCUT2D eigenvalue weighted by Crippen LogP contribution is -3.00. The van der Waals surface area contributed by atoms with E-state index in [1.807, 2.05) is 42.2 Å². The molecule has 0 amide bonds. The van der Waals surface area contributed by atoms with Gasteiger partial charge in [-0.3, -0.25) is 0 Å². The lowest BCUT2D eigenvalue weighted by atomic mass is 10.5. The molecule has 0 bridgehead atoms. The van der Waals surface area contributed by atoms with Crippen LogP contribution in [0, 0.1) is 0 Å². The fourth-order valence-corrected chi connectivity index (χ4v) is 0.485. The van der Waals surface area contributed by atoms with E-state index < -0.39 is 0 Å². The van der Waals surface area contributed by atoms with Crippen LogP contribution in [0.1, 0.15) is 0 Å². The molecule has 1 aromatic heterocycles. The fraction of sp³-hybridized carbons (Fsp3) is 0.167. The van der Waals surface area contributed by atoms with E-state index in [9.17, 15) is 0 Å². The molecule has 1 heterocycles. The second kappa shape index (κ2) is 3.83. The van der Waals surface area contributed by atoms with Crippen LogP contribution in [0.4, 0.5) is 0 Å². The van der Waals surface area contributed by atoms with Crippen LogP contribution in [0.15, 0.2) is 30.6 Å². The molecular weight excluding hydrogens is 213 g/mol. The molecule has 0 saturated carbocycles. The average molecular weight is 223 g/mol. The lowest BCUT2D eigenvalue weighted by molar-refractivity contribution is -0.671. The number of pyridine rings is 1. The molecule has 0 N–H and O–H groups in total. The van der Waals surface area contributed by atoms with Gasteiger partial charge in [-0.15, -0.1) is 0 Å². The van der Waals surface area contributed by atoms with E-state index in [-0.39, 0.29) is 24.0 Å². The first-order valence-electron chi connectivity index (χ1n) is 2.30. The van der Waals surface area contributed by atoms with Gasteiger partial charge in [-0.25, -0.2) is 4.57 Å². The molecule has 0 aliphatic carbocycles. The Kier molecular flexibility index (Phi) is 3.77. The fourth-order valence-electron chi connectivity index (χ4n) is 0.485. The highest BCUT2D eigenvalue weighted by atomic mass is 127. The van der Waals surface area contributed by atoms with E-state index >= 15 is 0 Å². The molecule has 0 spiro atoms. The highest BCUT2D eigenvalue weighted by Crippen LogP contribution is 1.71. The minimum absolute atomic E-state index is 0. The van der Waals surface area contributed by atoms with E-state index in [1.165, 1.54) is 0 Å². The van der Waals surface area contributed by atoms with Crippen molar-refractivity contribution in [2.75, 3.05) is 0 Å². The van der Waals surface area contributed by atoms with Crippen molar-refractivity contribution in [1.82, 2.24) is 0 Å². The van der Waals surface area contributed by atoms with Gasteiger partial charge < -0.3 is 0 Å². The second-order valence-electron chi connectivity index (χ2n) is 1.54. The van der Waals surface area contributed by atoms with E-state index in [0.717, 1.165) is 0 Å². The Hall–Kier alpha value is -0.120. The first-order chi connectivity index (χ1) is 3.39. The van der Waals surface area contributed by atoms with Gasteiger partial charge in [-0.05, 0) is 0 Å². The third-order valence-electron chi connectivity index (χ3n) is 0.865. The Morgan fingerprint density at radius 1 is 1.00 bits per heavy atom. The minimum atomic E-state index is 0. The van der Waals surface area contributed by atoms with Crippen molar-refractivity contribution in [3.05, 3.63) is 30.6 Å². The number of hydrogen-bond donors (Lipinski definition) is 0. The number of nitrogens with zero attached hydrogens (tertiary/aromatic N) is 1. The lowest BCUT2D eigenvalue weighted by Gasteiger charge is -1.77. The van der Waals surface area contributed by atoms with Gasteiger partial charge in [0.25, 0.3) is 0 Å². The van der Waals surface area contributed by atoms with Crippen molar-refractivity contribution in [1.29, 1.82) is 0 Å². The predicted octanol–water partition coefficient (Wildman–Crippen LogP) is -3.02. The van der Waals surface area contributed by atoms with Crippen molar-refractivity contribution < 1.29 is 28.5 Å². The molecule has 1 rings (SSSR count). The monoisotopic (exact) mass is 223 g/mol. The molecule has 1 aromatic rings. The van der Waals surface area contributed by atoms with Gasteiger partial charge in [0, 0.05) is 12.1 Å². The van der Waals surface area contributed by atoms with Crippen LogP contribution in [0.3, 0.4) is 0 Å². The van der Waals surface area contributed by atoms with Crippen molar-refractivity contribution in [3.8, 4) is 0 Å². The first-order valence-corrected chi connectivity index (χ1v) is 2.30. The van der Waals surface area contributed by atoms with Crippen LogP contribution in [0.5, 0.6) is 0 Å². The highest BCUT2D eigenvalue weighted by Gasteiger charge is 1.78. The van der Waals surface area contributed by atoms with Crippen molar-refractivity contribution in [3.63, 3.8) is 0 Å². The summed E-state index contributed by atoms with van der Waals surface area (Å²) in [4.78, 5) is 0. The number of halogens is 1. The Balaban J connectivity index is 0.000000490. The van der Waals surface area contributed by atoms with Crippen molar-refractivity contribution >= 4 is 0 Å². The predicted molar refractivity (Wildman–Crippen MR) is 30.4 cm³/mol. The standard InChI is InChI=1S/C6H8N.H2I/c1-7-5-3-2-4-6-7;/h2-6H,1H3;1H2/q2*+1. The van der Waals surface area contributed by atoms with Crippen LogP contribution in [0.2, 0.25) is 0 Å². The molecule has 44 valence electrons. The zero-order valence-electron chi connectivity index (χ0n) is 4.78. The van der Waals surface area contributed by atoms with E-state index in [1.54, 1.807) is 0 Å². The van der Waals surface area contributed by atoms with Gasteiger partial charge >= 0.3 is 0 Å². The second-order valence-corrected chi connectivity index (χ2v) is 1.54. The third-order valence-corrected chi connectivity index (χ3v) is 0.865. The molecule has 0 aliphatic rings. The van der Waals surface area contributed by atoms with E-state index in [4.69, 9.17) is 0 Å². The summed E-state index contributed by atoms with van der Waals surface area (Å²) >= 11 is 0. The quantitative estimate of drug-likeness (QED) is 0.325. The van der Waals surface area contributed by atoms with Gasteiger partial charge in [0.05, 0.1) is 0 Å². The summed E-state index contributed by atoms with van der Waals surface area (Å²) in [5.41, 5.74) is 0. The summed E-state index contributed by atoms with van der Waals surface area (Å²) < 4.78 is 2.00. The minimum Gasteiger partial charge on any atom is -0.208 e. The van der Waals surface area contributed by atoms with Gasteiger partial charge in [0.1, 0.15) is 7.05 Å². The largest absolute Gasteiger partial charge is 0.235 e. The smallest absolute Gasteiger partial charge is 0.208 e. The summed E-state index contributed by atoms with van der Waals surface area (Å²) in [7, 11) is 2.00. The Bertz CT molecular complexity index is 138. The molecule has 8 heavy (non-hydrogen) atoms. The van der Waals surface area contributed by atoms with Gasteiger partial charge in [0.15, 0.2) is 12.4 Å². The van der Waals surface area contributed by atoms with Crippen molar-refractivity contribution in [2.45, 2.75) is 0 Å². The van der Waals surface area contributed by atoms with Gasteiger partial charge in [-0.1, -0.05) is 6.07 Å². The molecule has 0 saturated heterocycles. The maximum atomic E-state index is 2.00. The summed E-state index contributed by atoms with van der Waals surface area (Å²) in [6.07, 6.45) is 4.00. The summed E-state index contributed by atoms with van der Waals surface area (Å²) in [6, 6.07) is 6.00. The zero-order chi connectivity index (χ0) is 5.11. The topological polar surface area (TPSA) is 3.88 Å². The summed E-state index contributed by atoms with van der Waals surface area (Å²) in [6.45, 7) is 0. The van der Waals surface area contributed by atoms with Crippen LogP contribution in [-0.2, 0) is 7.05 Å². The number of hydrogen-bond acceptors (Lipinski definition) is 0. The van der Waals surface area contributed by atoms with Gasteiger partial charge in [0.2, 0.25) is 24.0 Å². The molecular formula is C6H10IN+2. The highest BCUT2D eigenvalue weighted by molar-refractivity contribution is 4.83. The molecule has 1 nitrogen and oxygen atoms in total. The Morgan fingerprint density at radius 3 is 1.75 bits per heavy atom. The number of aryl methyl sites for hydroxylation is 1. The van der Waals surface area contributed by atoms with E-state index in [2.05, 4.69) is 0 Å². The maximum Gasteiger partial charge on any atom is 0.235 e. The van der Waals surface area contributed by atoms with E-state index in [0.29, 0.717) is 0 Å². The number of aromatic nitrogens is 1. The molecule has 0 aromatic carbocycles. The molecule has 0 radical (unpaired) electrons. The summed E-state index contributed by atoms with van der Waals surface area (Å²) in [5, 5.41) is 0. The zero-order valence-corrected chi connectivity index (χ0v) is 7.33.